The van der Waals surface area contributed by atoms with Crippen molar-refractivity contribution in [3.8, 4) is 11.8 Å². The predicted molar refractivity (Wildman–Crippen MR) is 72.5 cm³/mol. The number of benzene rings is 1. The molecule has 1 N–H and O–H groups in total. The van der Waals surface area contributed by atoms with Crippen molar-refractivity contribution in [2.45, 2.75) is 26.4 Å². The number of nitriles is 1. The van der Waals surface area contributed by atoms with Crippen LogP contribution in [0.15, 0.2) is 24.3 Å². The van der Waals surface area contributed by atoms with Crippen LogP contribution in [0.25, 0.3) is 5.57 Å². The average molecular weight is 256 g/mol. The first-order valence-corrected chi connectivity index (χ1v) is 6.21. The zero-order chi connectivity index (χ0) is 14.0. The highest BCUT2D eigenvalue weighted by Gasteiger charge is 2.29. The van der Waals surface area contributed by atoms with Gasteiger partial charge in [-0.15, -0.1) is 0 Å². The summed E-state index contributed by atoms with van der Waals surface area (Å²) in [5.41, 5.74) is 1.20. The van der Waals surface area contributed by atoms with Crippen LogP contribution in [0, 0.1) is 11.3 Å². The molecular formula is C15H16N2O2. The van der Waals surface area contributed by atoms with E-state index in [-0.39, 0.29) is 5.91 Å². The molecule has 0 saturated heterocycles. The molecule has 1 aromatic rings. The van der Waals surface area contributed by atoms with Gasteiger partial charge in [-0.05, 0) is 45.0 Å². The molecular weight excluding hydrogens is 240 g/mol. The molecule has 1 aliphatic heterocycles. The molecule has 0 radical (unpaired) electrons. The number of fused-ring (bicyclic) bond motifs is 1. The Morgan fingerprint density at radius 3 is 2.84 bits per heavy atom. The summed E-state index contributed by atoms with van der Waals surface area (Å²) in [7, 11) is 0. The first-order valence-electron chi connectivity index (χ1n) is 6.21. The van der Waals surface area contributed by atoms with Crippen LogP contribution in [0.5, 0.6) is 5.75 Å². The van der Waals surface area contributed by atoms with Gasteiger partial charge in [-0.3, -0.25) is 4.79 Å². The Hall–Kier alpha value is -2.28. The zero-order valence-electron chi connectivity index (χ0n) is 11.3. The third-order valence-corrected chi connectivity index (χ3v) is 2.85. The van der Waals surface area contributed by atoms with Crippen molar-refractivity contribution >= 4 is 11.5 Å². The minimum Gasteiger partial charge on any atom is -0.483 e. The number of amides is 1. The smallest absolute Gasteiger partial charge is 0.251 e. The summed E-state index contributed by atoms with van der Waals surface area (Å²) in [6.07, 6.45) is 1.79. The molecule has 1 aromatic carbocycles. The van der Waals surface area contributed by atoms with Crippen LogP contribution >= 0.6 is 0 Å². The van der Waals surface area contributed by atoms with E-state index in [0.29, 0.717) is 29.0 Å². The van der Waals surface area contributed by atoms with Gasteiger partial charge in [-0.1, -0.05) is 0 Å². The third kappa shape index (κ3) is 2.60. The minimum atomic E-state index is -0.540. The van der Waals surface area contributed by atoms with Gasteiger partial charge in [0.15, 0.2) is 0 Å². The molecule has 0 bridgehead atoms. The lowest BCUT2D eigenvalue weighted by Gasteiger charge is -2.30. The highest BCUT2D eigenvalue weighted by molar-refractivity contribution is 6.20. The largest absolute Gasteiger partial charge is 0.483 e. The van der Waals surface area contributed by atoms with Crippen LogP contribution in [0.1, 0.15) is 31.9 Å². The lowest BCUT2D eigenvalue weighted by atomic mass is 9.93. The molecule has 2 rings (SSSR count). The van der Waals surface area contributed by atoms with E-state index in [0.717, 1.165) is 0 Å². The molecule has 1 heterocycles. The topological polar surface area (TPSA) is 62.1 Å². The second-order valence-corrected chi connectivity index (χ2v) is 4.95. The molecule has 0 spiro atoms. The molecule has 1 aliphatic rings. The van der Waals surface area contributed by atoms with E-state index < -0.39 is 5.60 Å². The van der Waals surface area contributed by atoms with Crippen molar-refractivity contribution in [1.82, 2.24) is 5.32 Å². The maximum atomic E-state index is 12.1. The number of likely N-dealkylation sites (N-methyl/N-ethyl adjacent to an activating group) is 1. The summed E-state index contributed by atoms with van der Waals surface area (Å²) in [4.78, 5) is 12.1. The standard InChI is InChI=1S/C15H16N2O2/c1-4-17-14(18)12-8-15(2,3)19-13-6-5-10(9-16)7-11(12)13/h5-8H,4H2,1-3H3,(H,17,18). The van der Waals surface area contributed by atoms with Crippen molar-refractivity contribution in [3.05, 3.63) is 35.4 Å². The monoisotopic (exact) mass is 256 g/mol. The van der Waals surface area contributed by atoms with Crippen LogP contribution in [0.3, 0.4) is 0 Å². The molecule has 1 amide bonds. The quantitative estimate of drug-likeness (QED) is 0.882. The first-order chi connectivity index (χ1) is 8.96. The van der Waals surface area contributed by atoms with Gasteiger partial charge in [0.2, 0.25) is 0 Å². The van der Waals surface area contributed by atoms with Crippen LogP contribution in [0.4, 0.5) is 0 Å². The van der Waals surface area contributed by atoms with Gasteiger partial charge in [-0.2, -0.15) is 5.26 Å². The summed E-state index contributed by atoms with van der Waals surface area (Å²) in [5.74, 6) is 0.489. The summed E-state index contributed by atoms with van der Waals surface area (Å²) in [5, 5.41) is 11.7. The van der Waals surface area contributed by atoms with E-state index in [4.69, 9.17) is 10.00 Å². The van der Waals surface area contributed by atoms with Gasteiger partial charge >= 0.3 is 0 Å². The van der Waals surface area contributed by atoms with Crippen LogP contribution in [-0.4, -0.2) is 18.1 Å². The fourth-order valence-corrected chi connectivity index (χ4v) is 2.08. The second-order valence-electron chi connectivity index (χ2n) is 4.95. The Bertz CT molecular complexity index is 595. The Morgan fingerprint density at radius 2 is 2.21 bits per heavy atom. The number of hydrogen-bond acceptors (Lipinski definition) is 3. The predicted octanol–water partition coefficient (Wildman–Crippen LogP) is 2.25. The Labute approximate surface area is 112 Å². The molecule has 0 atom stereocenters. The Kier molecular flexibility index (Phi) is 3.30. The van der Waals surface area contributed by atoms with E-state index in [2.05, 4.69) is 11.4 Å². The van der Waals surface area contributed by atoms with Gasteiger partial charge in [0, 0.05) is 12.1 Å². The number of carbonyl (C=O) groups excluding carboxylic acids is 1. The van der Waals surface area contributed by atoms with Gasteiger partial charge in [0.25, 0.3) is 5.91 Å². The maximum Gasteiger partial charge on any atom is 0.251 e. The lowest BCUT2D eigenvalue weighted by Crippen LogP contribution is -2.33. The number of nitrogens with zero attached hydrogens (tertiary/aromatic N) is 1. The van der Waals surface area contributed by atoms with Crippen LogP contribution < -0.4 is 10.1 Å². The van der Waals surface area contributed by atoms with Gasteiger partial charge < -0.3 is 10.1 Å². The summed E-state index contributed by atoms with van der Waals surface area (Å²) < 4.78 is 5.81. The van der Waals surface area contributed by atoms with Crippen molar-refractivity contribution in [3.63, 3.8) is 0 Å². The Balaban J connectivity index is 2.54. The molecule has 0 aliphatic carbocycles. The first kappa shape index (κ1) is 13.2. The highest BCUT2D eigenvalue weighted by atomic mass is 16.5. The normalized spacial score (nSPS) is 15.6. The van der Waals surface area contributed by atoms with E-state index in [1.54, 1.807) is 24.3 Å². The van der Waals surface area contributed by atoms with Crippen molar-refractivity contribution in [1.29, 1.82) is 5.26 Å². The number of nitrogens with one attached hydrogen (secondary N) is 1. The van der Waals surface area contributed by atoms with Crippen LogP contribution in [0.2, 0.25) is 0 Å². The summed E-state index contributed by atoms with van der Waals surface area (Å²) in [6.45, 7) is 6.22. The summed E-state index contributed by atoms with van der Waals surface area (Å²) >= 11 is 0. The van der Waals surface area contributed by atoms with Crippen LogP contribution in [-0.2, 0) is 4.79 Å². The zero-order valence-corrected chi connectivity index (χ0v) is 11.3. The van der Waals surface area contributed by atoms with E-state index >= 15 is 0 Å². The fourth-order valence-electron chi connectivity index (χ4n) is 2.08. The number of carbonyl (C=O) groups is 1. The molecule has 4 heteroatoms. The van der Waals surface area contributed by atoms with E-state index in [1.165, 1.54) is 0 Å². The number of rotatable bonds is 2. The Morgan fingerprint density at radius 1 is 1.47 bits per heavy atom. The van der Waals surface area contributed by atoms with E-state index in [9.17, 15) is 4.79 Å². The van der Waals surface area contributed by atoms with Gasteiger partial charge in [0.05, 0.1) is 17.2 Å². The average Bonchev–Trinajstić information content (AvgIpc) is 2.36. The van der Waals surface area contributed by atoms with Gasteiger partial charge in [0.1, 0.15) is 11.4 Å². The lowest BCUT2D eigenvalue weighted by molar-refractivity contribution is -0.115. The molecule has 0 unspecified atom stereocenters. The summed E-state index contributed by atoms with van der Waals surface area (Å²) in [6, 6.07) is 7.19. The maximum absolute atomic E-state index is 12.1. The second kappa shape index (κ2) is 4.77. The molecule has 4 nitrogen and oxygen atoms in total. The van der Waals surface area contributed by atoms with Gasteiger partial charge in [-0.25, -0.2) is 0 Å². The fraction of sp³-hybridized carbons (Fsp3) is 0.333. The molecule has 0 aromatic heterocycles. The number of ether oxygens (including phenoxy) is 1. The van der Waals surface area contributed by atoms with E-state index in [1.807, 2.05) is 20.8 Å². The van der Waals surface area contributed by atoms with Crippen molar-refractivity contribution in [2.24, 2.45) is 0 Å². The van der Waals surface area contributed by atoms with Crippen molar-refractivity contribution < 1.29 is 9.53 Å². The molecule has 19 heavy (non-hydrogen) atoms. The number of hydrogen-bond donors (Lipinski definition) is 1. The minimum absolute atomic E-state index is 0.143. The SMILES string of the molecule is CCNC(=O)C1=CC(C)(C)Oc2ccc(C#N)cc21. The molecule has 98 valence electrons. The highest BCUT2D eigenvalue weighted by Crippen LogP contribution is 2.36. The third-order valence-electron chi connectivity index (χ3n) is 2.85. The van der Waals surface area contributed by atoms with Crippen molar-refractivity contribution in [2.75, 3.05) is 6.54 Å². The molecule has 0 saturated carbocycles. The molecule has 0 fully saturated rings.